The molecule has 0 aromatic heterocycles. The summed E-state index contributed by atoms with van der Waals surface area (Å²) in [4.78, 5) is 11.8. The van der Waals surface area contributed by atoms with Crippen LogP contribution < -0.4 is 14.8 Å². The number of amides is 1. The van der Waals surface area contributed by atoms with Crippen molar-refractivity contribution in [3.8, 4) is 11.5 Å². The number of para-hydroxylation sites is 1. The number of alkyl halides is 2. The van der Waals surface area contributed by atoms with Crippen LogP contribution in [0.4, 0.5) is 8.78 Å². The van der Waals surface area contributed by atoms with Crippen molar-refractivity contribution in [3.63, 3.8) is 0 Å². The largest absolute Gasteiger partial charge is 0.493 e. The maximum atomic E-state index is 12.5. The summed E-state index contributed by atoms with van der Waals surface area (Å²) < 4.78 is 39.9. The summed E-state index contributed by atoms with van der Waals surface area (Å²) in [5, 5.41) is 2.71. The van der Waals surface area contributed by atoms with Crippen molar-refractivity contribution in [2.24, 2.45) is 0 Å². The third kappa shape index (κ3) is 5.21. The maximum absolute atomic E-state index is 12.5. The lowest BCUT2D eigenvalue weighted by atomic mass is 10.1. The first-order valence-electron chi connectivity index (χ1n) is 7.29. The summed E-state index contributed by atoms with van der Waals surface area (Å²) in [7, 11) is 1.36. The van der Waals surface area contributed by atoms with Crippen LogP contribution in [0.3, 0.4) is 0 Å². The van der Waals surface area contributed by atoms with Gasteiger partial charge in [0.15, 0.2) is 11.5 Å². The number of carbonyl (C=O) groups is 1. The van der Waals surface area contributed by atoms with E-state index in [0.29, 0.717) is 18.7 Å². The lowest BCUT2D eigenvalue weighted by molar-refractivity contribution is -0.116. The van der Waals surface area contributed by atoms with Crippen LogP contribution in [0.1, 0.15) is 18.4 Å². The molecule has 1 aromatic carbocycles. The molecule has 126 valence electrons. The molecule has 1 amide bonds. The van der Waals surface area contributed by atoms with Crippen LogP contribution in [0.2, 0.25) is 0 Å². The molecule has 7 heteroatoms. The monoisotopic (exact) mass is 327 g/mol. The van der Waals surface area contributed by atoms with Gasteiger partial charge >= 0.3 is 6.61 Å². The van der Waals surface area contributed by atoms with E-state index in [1.54, 1.807) is 12.1 Å². The summed E-state index contributed by atoms with van der Waals surface area (Å²) in [6, 6.07) is 4.69. The molecular weight excluding hydrogens is 308 g/mol. The average molecular weight is 327 g/mol. The SMILES string of the molecule is COc1cccc(/C=C/C(=O)NCC2CCCO2)c1OC(F)F. The van der Waals surface area contributed by atoms with Gasteiger partial charge in [0.05, 0.1) is 13.2 Å². The summed E-state index contributed by atoms with van der Waals surface area (Å²) in [6.45, 7) is -1.83. The van der Waals surface area contributed by atoms with Crippen LogP contribution >= 0.6 is 0 Å². The van der Waals surface area contributed by atoms with Gasteiger partial charge in [-0.1, -0.05) is 12.1 Å². The van der Waals surface area contributed by atoms with E-state index in [4.69, 9.17) is 9.47 Å². The lowest BCUT2D eigenvalue weighted by Crippen LogP contribution is -2.30. The van der Waals surface area contributed by atoms with Gasteiger partial charge in [-0.3, -0.25) is 4.79 Å². The molecular formula is C16H19F2NO4. The maximum Gasteiger partial charge on any atom is 0.387 e. The van der Waals surface area contributed by atoms with E-state index in [2.05, 4.69) is 10.1 Å². The standard InChI is InChI=1S/C16H19F2NO4/c1-21-13-6-2-4-11(15(13)23-16(17)18)7-8-14(20)19-10-12-5-3-9-22-12/h2,4,6-8,12,16H,3,5,9-10H2,1H3,(H,19,20)/b8-7+. The van der Waals surface area contributed by atoms with Gasteiger partial charge in [0, 0.05) is 24.8 Å². The second-order valence-electron chi connectivity index (χ2n) is 4.97. The topological polar surface area (TPSA) is 56.8 Å². The van der Waals surface area contributed by atoms with E-state index in [9.17, 15) is 13.6 Å². The highest BCUT2D eigenvalue weighted by Gasteiger charge is 2.16. The smallest absolute Gasteiger partial charge is 0.387 e. The van der Waals surface area contributed by atoms with Gasteiger partial charge in [-0.2, -0.15) is 8.78 Å². The van der Waals surface area contributed by atoms with Gasteiger partial charge in [-0.05, 0) is 25.0 Å². The van der Waals surface area contributed by atoms with E-state index >= 15 is 0 Å². The van der Waals surface area contributed by atoms with Gasteiger partial charge in [0.2, 0.25) is 5.91 Å². The van der Waals surface area contributed by atoms with Crippen LogP contribution in [0.25, 0.3) is 6.08 Å². The molecule has 1 unspecified atom stereocenters. The number of carbonyl (C=O) groups excluding carboxylic acids is 1. The number of halogens is 2. The lowest BCUT2D eigenvalue weighted by Gasteiger charge is -2.12. The minimum atomic E-state index is -2.98. The van der Waals surface area contributed by atoms with E-state index in [0.717, 1.165) is 12.8 Å². The minimum Gasteiger partial charge on any atom is -0.493 e. The van der Waals surface area contributed by atoms with Crippen molar-refractivity contribution in [1.82, 2.24) is 5.32 Å². The fourth-order valence-electron chi connectivity index (χ4n) is 2.28. The Morgan fingerprint density at radius 1 is 1.52 bits per heavy atom. The number of hydrogen-bond donors (Lipinski definition) is 1. The highest BCUT2D eigenvalue weighted by atomic mass is 19.3. The molecule has 0 aliphatic carbocycles. The third-order valence-electron chi connectivity index (χ3n) is 3.38. The first kappa shape index (κ1) is 17.2. The van der Waals surface area contributed by atoms with E-state index in [-0.39, 0.29) is 23.5 Å². The summed E-state index contributed by atoms with van der Waals surface area (Å²) in [5.74, 6) is -0.258. The molecule has 0 bridgehead atoms. The Balaban J connectivity index is 2.01. The van der Waals surface area contributed by atoms with Crippen molar-refractivity contribution in [1.29, 1.82) is 0 Å². The third-order valence-corrected chi connectivity index (χ3v) is 3.38. The van der Waals surface area contributed by atoms with Crippen LogP contribution in [-0.2, 0) is 9.53 Å². The fraction of sp³-hybridized carbons (Fsp3) is 0.438. The second-order valence-corrected chi connectivity index (χ2v) is 4.97. The zero-order valence-electron chi connectivity index (χ0n) is 12.8. The van der Waals surface area contributed by atoms with E-state index < -0.39 is 6.61 Å². The highest BCUT2D eigenvalue weighted by molar-refractivity contribution is 5.92. The molecule has 1 aromatic rings. The molecule has 1 aliphatic heterocycles. The zero-order chi connectivity index (χ0) is 16.7. The zero-order valence-corrected chi connectivity index (χ0v) is 12.8. The molecule has 1 fully saturated rings. The predicted octanol–water partition coefficient (Wildman–Crippen LogP) is 2.61. The minimum absolute atomic E-state index is 0.0434. The van der Waals surface area contributed by atoms with Crippen molar-refractivity contribution in [2.45, 2.75) is 25.6 Å². The molecule has 1 atom stereocenters. The molecule has 2 rings (SSSR count). The molecule has 23 heavy (non-hydrogen) atoms. The Hall–Kier alpha value is -2.15. The van der Waals surface area contributed by atoms with Crippen molar-refractivity contribution < 1.29 is 27.8 Å². The van der Waals surface area contributed by atoms with Gasteiger partial charge < -0.3 is 19.5 Å². The molecule has 0 spiro atoms. The Morgan fingerprint density at radius 3 is 3.00 bits per heavy atom. The van der Waals surface area contributed by atoms with Gasteiger partial charge in [-0.25, -0.2) is 0 Å². The first-order valence-corrected chi connectivity index (χ1v) is 7.29. The van der Waals surface area contributed by atoms with Crippen molar-refractivity contribution >= 4 is 12.0 Å². The number of hydrogen-bond acceptors (Lipinski definition) is 4. The summed E-state index contributed by atoms with van der Waals surface area (Å²) in [5.41, 5.74) is 0.330. The van der Waals surface area contributed by atoms with Crippen molar-refractivity contribution in [3.05, 3.63) is 29.8 Å². The van der Waals surface area contributed by atoms with Crippen molar-refractivity contribution in [2.75, 3.05) is 20.3 Å². The van der Waals surface area contributed by atoms with Crippen LogP contribution in [-0.4, -0.2) is 38.9 Å². The molecule has 1 heterocycles. The second kappa shape index (κ2) is 8.47. The van der Waals surface area contributed by atoms with E-state index in [1.165, 1.54) is 25.3 Å². The van der Waals surface area contributed by atoms with Crippen LogP contribution in [0, 0.1) is 0 Å². The Kier molecular flexibility index (Phi) is 6.34. The number of benzene rings is 1. The van der Waals surface area contributed by atoms with Gasteiger partial charge in [0.1, 0.15) is 0 Å². The fourth-order valence-corrected chi connectivity index (χ4v) is 2.28. The molecule has 1 aliphatic rings. The molecule has 1 saturated heterocycles. The van der Waals surface area contributed by atoms with Gasteiger partial charge in [0.25, 0.3) is 0 Å². The summed E-state index contributed by atoms with van der Waals surface area (Å²) in [6.07, 6.45) is 4.63. The number of methoxy groups -OCH3 is 1. The number of nitrogens with one attached hydrogen (secondary N) is 1. The number of rotatable bonds is 7. The van der Waals surface area contributed by atoms with Gasteiger partial charge in [-0.15, -0.1) is 0 Å². The summed E-state index contributed by atoms with van der Waals surface area (Å²) >= 11 is 0. The Morgan fingerprint density at radius 2 is 2.35 bits per heavy atom. The quantitative estimate of drug-likeness (QED) is 0.782. The molecule has 0 saturated carbocycles. The van der Waals surface area contributed by atoms with Crippen LogP contribution in [0.5, 0.6) is 11.5 Å². The first-order chi connectivity index (χ1) is 11.1. The Bertz CT molecular complexity index is 557. The van der Waals surface area contributed by atoms with E-state index in [1.807, 2.05) is 0 Å². The number of ether oxygens (including phenoxy) is 3. The molecule has 5 nitrogen and oxygen atoms in total. The molecule has 0 radical (unpaired) electrons. The van der Waals surface area contributed by atoms with Crippen LogP contribution in [0.15, 0.2) is 24.3 Å². The molecule has 1 N–H and O–H groups in total. The highest BCUT2D eigenvalue weighted by Crippen LogP contribution is 2.33. The normalized spacial score (nSPS) is 17.7. The Labute approximate surface area is 133 Å². The predicted molar refractivity (Wildman–Crippen MR) is 80.6 cm³/mol. The average Bonchev–Trinajstić information content (AvgIpc) is 3.04.